The molecule has 0 heteroatoms. The zero-order valence-corrected chi connectivity index (χ0v) is 7.50. The highest BCUT2D eigenvalue weighted by molar-refractivity contribution is 5.30. The molecule has 0 amide bonds. The predicted octanol–water partition coefficient (Wildman–Crippen LogP) is 2.69. The Labute approximate surface area is 73.7 Å². The average Bonchev–Trinajstić information content (AvgIpc) is 2.87. The molecule has 0 radical (unpaired) electrons. The molecule has 5 rings (SSSR count). The van der Waals surface area contributed by atoms with Gasteiger partial charge in [-0.1, -0.05) is 6.42 Å². The maximum Gasteiger partial charge on any atom is -0.0229 e. The molecule has 64 valence electrons. The summed E-state index contributed by atoms with van der Waals surface area (Å²) in [5.41, 5.74) is 1.00. The fourth-order valence-electron chi connectivity index (χ4n) is 5.90. The van der Waals surface area contributed by atoms with E-state index >= 15 is 0 Å². The summed E-state index contributed by atoms with van der Waals surface area (Å²) in [7, 11) is 0. The van der Waals surface area contributed by atoms with Gasteiger partial charge in [0.15, 0.2) is 0 Å². The Morgan fingerprint density at radius 2 is 1.33 bits per heavy atom. The first-order chi connectivity index (χ1) is 5.92. The van der Waals surface area contributed by atoms with Crippen molar-refractivity contribution < 1.29 is 0 Å². The predicted molar refractivity (Wildman–Crippen MR) is 46.5 cm³/mol. The smallest absolute Gasteiger partial charge is 0.0229 e. The SMILES string of the molecule is C1CC2(C1)C1C3CC(C4CC43)C12. The van der Waals surface area contributed by atoms with Gasteiger partial charge in [-0.25, -0.2) is 0 Å². The first kappa shape index (κ1) is 5.67. The molecule has 0 saturated heterocycles. The van der Waals surface area contributed by atoms with Crippen LogP contribution in [-0.2, 0) is 0 Å². The zero-order valence-electron chi connectivity index (χ0n) is 7.50. The lowest BCUT2D eigenvalue weighted by Gasteiger charge is -2.32. The van der Waals surface area contributed by atoms with Gasteiger partial charge in [0.25, 0.3) is 0 Å². The molecule has 0 aromatic rings. The molecule has 12 heavy (non-hydrogen) atoms. The van der Waals surface area contributed by atoms with Crippen LogP contribution in [0.2, 0.25) is 0 Å². The molecule has 6 unspecified atom stereocenters. The second kappa shape index (κ2) is 1.31. The molecule has 5 saturated carbocycles. The van der Waals surface area contributed by atoms with Gasteiger partial charge >= 0.3 is 0 Å². The summed E-state index contributed by atoms with van der Waals surface area (Å²) in [5.74, 6) is 7.59. The Balaban J connectivity index is 1.63. The summed E-state index contributed by atoms with van der Waals surface area (Å²) in [4.78, 5) is 0. The summed E-state index contributed by atoms with van der Waals surface area (Å²) >= 11 is 0. The lowest BCUT2D eigenvalue weighted by Crippen LogP contribution is -2.22. The van der Waals surface area contributed by atoms with Crippen molar-refractivity contribution in [3.8, 4) is 0 Å². The van der Waals surface area contributed by atoms with Crippen LogP contribution in [0.4, 0.5) is 0 Å². The van der Waals surface area contributed by atoms with Crippen molar-refractivity contribution in [1.29, 1.82) is 0 Å². The summed E-state index contributed by atoms with van der Waals surface area (Å²) in [6.45, 7) is 0. The quantitative estimate of drug-likeness (QED) is 0.511. The van der Waals surface area contributed by atoms with Gasteiger partial charge in [0.05, 0.1) is 0 Å². The van der Waals surface area contributed by atoms with E-state index < -0.39 is 0 Å². The Hall–Kier alpha value is 0. The lowest BCUT2D eigenvalue weighted by atomic mass is 9.72. The molecule has 2 bridgehead atoms. The molecule has 0 nitrogen and oxygen atoms in total. The molecule has 6 atom stereocenters. The van der Waals surface area contributed by atoms with Crippen molar-refractivity contribution in [2.24, 2.45) is 40.9 Å². The third-order valence-corrected chi connectivity index (χ3v) is 6.35. The van der Waals surface area contributed by atoms with Crippen molar-refractivity contribution >= 4 is 0 Å². The van der Waals surface area contributed by atoms with E-state index in [2.05, 4.69) is 0 Å². The van der Waals surface area contributed by atoms with Crippen LogP contribution in [0.15, 0.2) is 0 Å². The molecule has 5 aliphatic rings. The number of rotatable bonds is 0. The Morgan fingerprint density at radius 3 is 1.83 bits per heavy atom. The van der Waals surface area contributed by atoms with Gasteiger partial charge in [0.1, 0.15) is 0 Å². The molecular formula is C12H16. The highest BCUT2D eigenvalue weighted by Crippen LogP contribution is 2.88. The first-order valence-corrected chi connectivity index (χ1v) is 5.92. The van der Waals surface area contributed by atoms with Gasteiger partial charge in [-0.15, -0.1) is 0 Å². The van der Waals surface area contributed by atoms with E-state index in [1.165, 1.54) is 35.5 Å². The Kier molecular flexibility index (Phi) is 0.618. The van der Waals surface area contributed by atoms with Crippen molar-refractivity contribution in [2.75, 3.05) is 0 Å². The first-order valence-electron chi connectivity index (χ1n) is 5.92. The number of hydrogen-bond donors (Lipinski definition) is 0. The molecular weight excluding hydrogens is 144 g/mol. The van der Waals surface area contributed by atoms with Crippen molar-refractivity contribution in [3.05, 3.63) is 0 Å². The van der Waals surface area contributed by atoms with E-state index in [-0.39, 0.29) is 0 Å². The van der Waals surface area contributed by atoms with Crippen LogP contribution >= 0.6 is 0 Å². The molecule has 5 fully saturated rings. The third-order valence-electron chi connectivity index (χ3n) is 6.35. The van der Waals surface area contributed by atoms with Crippen LogP contribution in [0.3, 0.4) is 0 Å². The van der Waals surface area contributed by atoms with Crippen LogP contribution in [0, 0.1) is 40.9 Å². The van der Waals surface area contributed by atoms with E-state index in [0.29, 0.717) is 0 Å². The molecule has 1 spiro atoms. The van der Waals surface area contributed by atoms with E-state index in [1.54, 1.807) is 32.1 Å². The van der Waals surface area contributed by atoms with E-state index in [4.69, 9.17) is 0 Å². The van der Waals surface area contributed by atoms with E-state index in [0.717, 1.165) is 5.41 Å². The minimum Gasteiger partial charge on any atom is -0.0522 e. The molecule has 0 aliphatic heterocycles. The maximum atomic E-state index is 1.67. The molecule has 5 aliphatic carbocycles. The van der Waals surface area contributed by atoms with Gasteiger partial charge in [0, 0.05) is 0 Å². The fraction of sp³-hybridized carbons (Fsp3) is 1.00. The Bertz CT molecular complexity index is 254. The van der Waals surface area contributed by atoms with Crippen LogP contribution in [-0.4, -0.2) is 0 Å². The second-order valence-corrected chi connectivity index (χ2v) is 6.27. The van der Waals surface area contributed by atoms with Crippen LogP contribution in [0.25, 0.3) is 0 Å². The summed E-state index contributed by atoms with van der Waals surface area (Å²) in [5, 5.41) is 0. The molecule has 0 aromatic carbocycles. The topological polar surface area (TPSA) is 0 Å². The lowest BCUT2D eigenvalue weighted by molar-refractivity contribution is 0.177. The van der Waals surface area contributed by atoms with Crippen LogP contribution in [0.1, 0.15) is 32.1 Å². The molecule has 0 N–H and O–H groups in total. The maximum absolute atomic E-state index is 1.67. The van der Waals surface area contributed by atoms with Gasteiger partial charge in [0.2, 0.25) is 0 Å². The summed E-state index contributed by atoms with van der Waals surface area (Å²) < 4.78 is 0. The minimum atomic E-state index is 1.00. The minimum absolute atomic E-state index is 1.00. The molecule has 0 heterocycles. The van der Waals surface area contributed by atoms with Gasteiger partial charge in [-0.2, -0.15) is 0 Å². The number of hydrogen-bond acceptors (Lipinski definition) is 0. The average molecular weight is 160 g/mol. The second-order valence-electron chi connectivity index (χ2n) is 6.27. The monoisotopic (exact) mass is 160 g/mol. The highest BCUT2D eigenvalue weighted by atomic mass is 14.9. The summed E-state index contributed by atoms with van der Waals surface area (Å²) in [6.07, 6.45) is 8.16. The van der Waals surface area contributed by atoms with E-state index in [1.807, 2.05) is 0 Å². The largest absolute Gasteiger partial charge is 0.0522 e. The Morgan fingerprint density at radius 1 is 0.750 bits per heavy atom. The standard InChI is InChI=1S/C12H16/c1-2-12(3-1)10-8-5-9(11(10)12)7-4-6(7)8/h6-11H,1-5H2. The van der Waals surface area contributed by atoms with Crippen molar-refractivity contribution in [3.63, 3.8) is 0 Å². The number of fused-ring (bicyclic) bond motifs is 10. The normalized spacial score (nSPS) is 72.0. The van der Waals surface area contributed by atoms with Crippen molar-refractivity contribution in [1.82, 2.24) is 0 Å². The molecule has 0 aromatic heterocycles. The third kappa shape index (κ3) is 0.352. The van der Waals surface area contributed by atoms with Crippen LogP contribution in [0.5, 0.6) is 0 Å². The zero-order chi connectivity index (χ0) is 7.50. The van der Waals surface area contributed by atoms with Gasteiger partial charge < -0.3 is 0 Å². The van der Waals surface area contributed by atoms with Gasteiger partial charge in [-0.05, 0) is 66.6 Å². The van der Waals surface area contributed by atoms with E-state index in [9.17, 15) is 0 Å². The van der Waals surface area contributed by atoms with Crippen molar-refractivity contribution in [2.45, 2.75) is 32.1 Å². The summed E-state index contributed by atoms with van der Waals surface area (Å²) in [6, 6.07) is 0. The fourth-order valence-corrected chi connectivity index (χ4v) is 5.90. The van der Waals surface area contributed by atoms with Crippen LogP contribution < -0.4 is 0 Å². The highest BCUT2D eigenvalue weighted by Gasteiger charge is 2.82. The van der Waals surface area contributed by atoms with Gasteiger partial charge in [-0.3, -0.25) is 0 Å².